The first-order valence-electron chi connectivity index (χ1n) is 9.62. The molecule has 0 atom stereocenters. The molecule has 0 aromatic rings. The molecule has 1 rings (SSSR count). The van der Waals surface area contributed by atoms with Crippen molar-refractivity contribution < 1.29 is 22.7 Å². The van der Waals surface area contributed by atoms with Crippen LogP contribution in [0, 0.1) is 0 Å². The maximum atomic E-state index is 11.9. The summed E-state index contributed by atoms with van der Waals surface area (Å²) in [5, 5.41) is 6.10. The molecule has 164 valence electrons. The highest BCUT2D eigenvalue weighted by atomic mass is 32.2. The van der Waals surface area contributed by atoms with Gasteiger partial charge in [0.1, 0.15) is 9.84 Å². The Kier molecular flexibility index (Phi) is 12.0. The van der Waals surface area contributed by atoms with Gasteiger partial charge < -0.3 is 25.0 Å². The molecule has 1 fully saturated rings. The zero-order chi connectivity index (χ0) is 20.8. The van der Waals surface area contributed by atoms with Crippen LogP contribution in [0.2, 0.25) is 0 Å². The maximum absolute atomic E-state index is 11.9. The fraction of sp³-hybridized carbons (Fsp3) is 0.882. The van der Waals surface area contributed by atoms with E-state index in [9.17, 15) is 13.2 Å². The van der Waals surface area contributed by atoms with Gasteiger partial charge in [-0.05, 0) is 6.92 Å². The van der Waals surface area contributed by atoms with Crippen molar-refractivity contribution >= 4 is 21.7 Å². The van der Waals surface area contributed by atoms with E-state index in [0.717, 1.165) is 38.7 Å². The van der Waals surface area contributed by atoms with Gasteiger partial charge in [0.15, 0.2) is 5.96 Å². The van der Waals surface area contributed by atoms with Gasteiger partial charge >= 0.3 is 0 Å². The standard InChI is InChI=1S/C17H35N5O5S/c1-4-18-17(20-6-12-27-13-14-28(3,24)25)22-9-7-21(8-10-22)15-16(23)19-5-11-26-2/h4-15H2,1-3H3,(H,18,20)(H,19,23). The highest BCUT2D eigenvalue weighted by molar-refractivity contribution is 7.90. The van der Waals surface area contributed by atoms with Crippen LogP contribution in [0.3, 0.4) is 0 Å². The van der Waals surface area contributed by atoms with Gasteiger partial charge in [0.05, 0.1) is 38.7 Å². The number of piperazine rings is 1. The molecular weight excluding hydrogens is 386 g/mol. The van der Waals surface area contributed by atoms with Crippen molar-refractivity contribution in [1.29, 1.82) is 0 Å². The fourth-order valence-electron chi connectivity index (χ4n) is 2.62. The van der Waals surface area contributed by atoms with E-state index in [1.165, 1.54) is 6.26 Å². The molecule has 0 bridgehead atoms. The van der Waals surface area contributed by atoms with Crippen LogP contribution >= 0.6 is 0 Å². The van der Waals surface area contributed by atoms with Crippen LogP contribution in [0.15, 0.2) is 4.99 Å². The summed E-state index contributed by atoms with van der Waals surface area (Å²) in [5.74, 6) is 0.855. The van der Waals surface area contributed by atoms with E-state index in [4.69, 9.17) is 9.47 Å². The largest absolute Gasteiger partial charge is 0.383 e. The Labute approximate surface area is 168 Å². The molecule has 1 aliphatic rings. The first-order valence-corrected chi connectivity index (χ1v) is 11.7. The number of hydrogen-bond acceptors (Lipinski definition) is 7. The molecule has 1 aliphatic heterocycles. The van der Waals surface area contributed by atoms with Crippen LogP contribution in [-0.4, -0.2) is 121 Å². The molecule has 28 heavy (non-hydrogen) atoms. The average Bonchev–Trinajstić information content (AvgIpc) is 2.63. The third-order valence-electron chi connectivity index (χ3n) is 4.10. The van der Waals surface area contributed by atoms with Crippen molar-refractivity contribution in [3.8, 4) is 0 Å². The molecule has 0 radical (unpaired) electrons. The van der Waals surface area contributed by atoms with Crippen LogP contribution < -0.4 is 10.6 Å². The summed E-state index contributed by atoms with van der Waals surface area (Å²) >= 11 is 0. The number of amides is 1. The average molecular weight is 422 g/mol. The molecule has 0 saturated carbocycles. The molecule has 1 amide bonds. The Hall–Kier alpha value is -1.43. The highest BCUT2D eigenvalue weighted by Crippen LogP contribution is 2.02. The number of sulfone groups is 1. The van der Waals surface area contributed by atoms with Gasteiger partial charge in [0, 0.05) is 52.6 Å². The minimum atomic E-state index is -2.99. The fourth-order valence-corrected chi connectivity index (χ4v) is 3.04. The van der Waals surface area contributed by atoms with Crippen LogP contribution in [0.1, 0.15) is 6.92 Å². The van der Waals surface area contributed by atoms with Crippen molar-refractivity contribution in [3.05, 3.63) is 0 Å². The molecular formula is C17H35N5O5S. The number of carbonyl (C=O) groups excluding carboxylic acids is 1. The molecule has 0 unspecified atom stereocenters. The van der Waals surface area contributed by atoms with Crippen molar-refractivity contribution in [1.82, 2.24) is 20.4 Å². The van der Waals surface area contributed by atoms with E-state index in [1.54, 1.807) is 7.11 Å². The number of hydrogen-bond donors (Lipinski definition) is 2. The number of carbonyl (C=O) groups is 1. The van der Waals surface area contributed by atoms with Gasteiger partial charge in [-0.1, -0.05) is 0 Å². The molecule has 0 aliphatic carbocycles. The predicted octanol–water partition coefficient (Wildman–Crippen LogP) is -1.61. The molecule has 0 aromatic heterocycles. The Balaban J connectivity index is 2.33. The number of nitrogens with one attached hydrogen (secondary N) is 2. The van der Waals surface area contributed by atoms with Crippen LogP contribution in [0.25, 0.3) is 0 Å². The van der Waals surface area contributed by atoms with E-state index in [1.807, 2.05) is 6.92 Å². The predicted molar refractivity (Wildman–Crippen MR) is 109 cm³/mol. The van der Waals surface area contributed by atoms with Crippen molar-refractivity contribution in [2.75, 3.05) is 91.3 Å². The lowest BCUT2D eigenvalue weighted by molar-refractivity contribution is -0.122. The topological polar surface area (TPSA) is 113 Å². The van der Waals surface area contributed by atoms with Gasteiger partial charge in [0.25, 0.3) is 0 Å². The van der Waals surface area contributed by atoms with Gasteiger partial charge in [0.2, 0.25) is 5.91 Å². The van der Waals surface area contributed by atoms with Crippen LogP contribution in [0.5, 0.6) is 0 Å². The molecule has 0 spiro atoms. The number of methoxy groups -OCH3 is 1. The molecule has 0 aromatic carbocycles. The zero-order valence-corrected chi connectivity index (χ0v) is 18.1. The van der Waals surface area contributed by atoms with Crippen molar-refractivity contribution in [2.45, 2.75) is 6.92 Å². The summed E-state index contributed by atoms with van der Waals surface area (Å²) in [7, 11) is -1.39. The third kappa shape index (κ3) is 11.4. The van der Waals surface area contributed by atoms with Gasteiger partial charge in [-0.15, -0.1) is 0 Å². The smallest absolute Gasteiger partial charge is 0.234 e. The lowest BCUT2D eigenvalue weighted by Gasteiger charge is -2.36. The first-order chi connectivity index (χ1) is 13.4. The van der Waals surface area contributed by atoms with Gasteiger partial charge in [-0.25, -0.2) is 8.42 Å². The number of nitrogens with zero attached hydrogens (tertiary/aromatic N) is 3. The normalized spacial score (nSPS) is 16.2. The Morgan fingerprint density at radius 3 is 2.43 bits per heavy atom. The lowest BCUT2D eigenvalue weighted by Crippen LogP contribution is -2.54. The quantitative estimate of drug-likeness (QED) is 0.220. The van der Waals surface area contributed by atoms with E-state index < -0.39 is 9.84 Å². The summed E-state index contributed by atoms with van der Waals surface area (Å²) in [6, 6.07) is 0. The Morgan fingerprint density at radius 1 is 1.11 bits per heavy atom. The number of rotatable bonds is 12. The molecule has 1 heterocycles. The monoisotopic (exact) mass is 421 g/mol. The van der Waals surface area contributed by atoms with Gasteiger partial charge in [-0.2, -0.15) is 0 Å². The van der Waals surface area contributed by atoms with E-state index in [-0.39, 0.29) is 18.3 Å². The summed E-state index contributed by atoms with van der Waals surface area (Å²) in [5.41, 5.74) is 0. The van der Waals surface area contributed by atoms with Crippen LogP contribution in [-0.2, 0) is 24.1 Å². The van der Waals surface area contributed by atoms with Crippen molar-refractivity contribution in [3.63, 3.8) is 0 Å². The molecule has 11 heteroatoms. The minimum absolute atomic E-state index is 0.0114. The third-order valence-corrected chi connectivity index (χ3v) is 5.01. The minimum Gasteiger partial charge on any atom is -0.383 e. The van der Waals surface area contributed by atoms with Gasteiger partial charge in [-0.3, -0.25) is 14.7 Å². The number of guanidine groups is 1. The number of ether oxygens (including phenoxy) is 2. The second-order valence-electron chi connectivity index (χ2n) is 6.58. The van der Waals surface area contributed by atoms with Crippen molar-refractivity contribution in [2.24, 2.45) is 4.99 Å². The second-order valence-corrected chi connectivity index (χ2v) is 8.84. The summed E-state index contributed by atoms with van der Waals surface area (Å²) in [6.07, 6.45) is 1.20. The SMILES string of the molecule is CCNC(=NCCOCCS(C)(=O)=O)N1CCN(CC(=O)NCCOC)CC1. The summed E-state index contributed by atoms with van der Waals surface area (Å²) < 4.78 is 32.4. The van der Waals surface area contributed by atoms with Crippen LogP contribution in [0.4, 0.5) is 0 Å². The maximum Gasteiger partial charge on any atom is 0.234 e. The lowest BCUT2D eigenvalue weighted by atomic mass is 10.3. The molecule has 1 saturated heterocycles. The number of aliphatic imine (C=N–C) groups is 1. The molecule has 10 nitrogen and oxygen atoms in total. The van der Waals surface area contributed by atoms with E-state index >= 15 is 0 Å². The van der Waals surface area contributed by atoms with E-state index in [2.05, 4.69) is 25.4 Å². The highest BCUT2D eigenvalue weighted by Gasteiger charge is 2.21. The first kappa shape index (κ1) is 24.6. The van der Waals surface area contributed by atoms with E-state index in [0.29, 0.717) is 32.8 Å². The zero-order valence-electron chi connectivity index (χ0n) is 17.3. The molecule has 2 N–H and O–H groups in total. The Bertz CT molecular complexity index is 576. The summed E-state index contributed by atoms with van der Waals surface area (Å²) in [4.78, 5) is 20.7. The second kappa shape index (κ2) is 13.7. The summed E-state index contributed by atoms with van der Waals surface area (Å²) in [6.45, 7) is 8.38. The Morgan fingerprint density at radius 2 is 1.82 bits per heavy atom.